The van der Waals surface area contributed by atoms with Crippen LogP contribution in [0.15, 0.2) is 16.6 Å². The fourth-order valence-corrected chi connectivity index (χ4v) is 2.01. The molecule has 0 spiro atoms. The zero-order valence-electron chi connectivity index (χ0n) is 10.4. The van der Waals surface area contributed by atoms with Gasteiger partial charge in [0, 0.05) is 13.7 Å². The number of halogens is 1. The van der Waals surface area contributed by atoms with Crippen molar-refractivity contribution in [2.75, 3.05) is 27.6 Å². The molecule has 0 atom stereocenters. The van der Waals surface area contributed by atoms with E-state index in [0.29, 0.717) is 11.5 Å². The van der Waals surface area contributed by atoms with Crippen molar-refractivity contribution in [1.82, 2.24) is 5.32 Å². The molecular formula is C12H18BrNO3. The third-order valence-electron chi connectivity index (χ3n) is 2.19. The Balaban J connectivity index is 2.90. The van der Waals surface area contributed by atoms with Crippen LogP contribution in [0.25, 0.3) is 0 Å². The van der Waals surface area contributed by atoms with E-state index in [-0.39, 0.29) is 6.79 Å². The van der Waals surface area contributed by atoms with Crippen molar-refractivity contribution in [3.05, 3.63) is 22.2 Å². The number of hydrogen-bond acceptors (Lipinski definition) is 4. The summed E-state index contributed by atoms with van der Waals surface area (Å²) in [5.74, 6) is 1.36. The second-order valence-electron chi connectivity index (χ2n) is 3.44. The molecule has 4 nitrogen and oxygen atoms in total. The van der Waals surface area contributed by atoms with Crippen LogP contribution in [0.2, 0.25) is 0 Å². The molecule has 0 amide bonds. The first-order valence-electron chi connectivity index (χ1n) is 5.41. The smallest absolute Gasteiger partial charge is 0.188 e. The Labute approximate surface area is 110 Å². The van der Waals surface area contributed by atoms with E-state index in [0.717, 1.165) is 23.1 Å². The summed E-state index contributed by atoms with van der Waals surface area (Å²) < 4.78 is 16.5. The molecule has 1 rings (SSSR count). The zero-order chi connectivity index (χ0) is 12.7. The lowest BCUT2D eigenvalue weighted by Crippen LogP contribution is -2.12. The van der Waals surface area contributed by atoms with Gasteiger partial charge < -0.3 is 19.5 Å². The number of benzene rings is 1. The molecule has 1 aromatic rings. The van der Waals surface area contributed by atoms with E-state index in [1.165, 1.54) is 0 Å². The van der Waals surface area contributed by atoms with Crippen LogP contribution in [0.4, 0.5) is 0 Å². The van der Waals surface area contributed by atoms with Gasteiger partial charge in [-0.15, -0.1) is 0 Å². The lowest BCUT2D eigenvalue weighted by Gasteiger charge is -2.14. The van der Waals surface area contributed by atoms with Crippen molar-refractivity contribution in [2.24, 2.45) is 0 Å². The molecule has 1 aromatic carbocycles. The largest absolute Gasteiger partial charge is 0.493 e. The van der Waals surface area contributed by atoms with E-state index in [4.69, 9.17) is 14.2 Å². The Morgan fingerprint density at radius 3 is 2.65 bits per heavy atom. The van der Waals surface area contributed by atoms with Crippen LogP contribution < -0.4 is 14.8 Å². The van der Waals surface area contributed by atoms with Gasteiger partial charge >= 0.3 is 0 Å². The highest BCUT2D eigenvalue weighted by atomic mass is 79.9. The number of rotatable bonds is 7. The quantitative estimate of drug-likeness (QED) is 0.786. The molecule has 0 aromatic heterocycles. The van der Waals surface area contributed by atoms with Gasteiger partial charge in [-0.3, -0.25) is 0 Å². The highest BCUT2D eigenvalue weighted by Crippen LogP contribution is 2.36. The minimum Gasteiger partial charge on any atom is -0.493 e. The monoisotopic (exact) mass is 303 g/mol. The SMILES string of the molecule is CCNCc1cc(Br)c(OCOC)c(OC)c1. The number of ether oxygens (including phenoxy) is 3. The molecule has 1 N–H and O–H groups in total. The minimum atomic E-state index is 0.196. The van der Waals surface area contributed by atoms with Crippen LogP contribution in [-0.2, 0) is 11.3 Å². The molecule has 0 aliphatic rings. The maximum atomic E-state index is 5.45. The summed E-state index contributed by atoms with van der Waals surface area (Å²) in [4.78, 5) is 0. The number of nitrogens with one attached hydrogen (secondary N) is 1. The molecule has 17 heavy (non-hydrogen) atoms. The van der Waals surface area contributed by atoms with Crippen LogP contribution in [0.3, 0.4) is 0 Å². The second kappa shape index (κ2) is 7.53. The molecule has 0 radical (unpaired) electrons. The predicted molar refractivity (Wildman–Crippen MR) is 70.6 cm³/mol. The molecule has 0 heterocycles. The molecule has 96 valence electrons. The van der Waals surface area contributed by atoms with Crippen LogP contribution in [-0.4, -0.2) is 27.6 Å². The third-order valence-corrected chi connectivity index (χ3v) is 2.78. The van der Waals surface area contributed by atoms with Gasteiger partial charge in [0.15, 0.2) is 18.3 Å². The molecule has 0 aliphatic carbocycles. The van der Waals surface area contributed by atoms with Crippen molar-refractivity contribution in [3.8, 4) is 11.5 Å². The van der Waals surface area contributed by atoms with Crippen LogP contribution >= 0.6 is 15.9 Å². The van der Waals surface area contributed by atoms with E-state index in [9.17, 15) is 0 Å². The van der Waals surface area contributed by atoms with Gasteiger partial charge in [-0.2, -0.15) is 0 Å². The van der Waals surface area contributed by atoms with E-state index < -0.39 is 0 Å². The van der Waals surface area contributed by atoms with Gasteiger partial charge in [-0.1, -0.05) is 6.92 Å². The molecule has 0 unspecified atom stereocenters. The molecular weight excluding hydrogens is 286 g/mol. The standard InChI is InChI=1S/C12H18BrNO3/c1-4-14-7-9-5-10(13)12(17-8-15-2)11(6-9)16-3/h5-6,14H,4,7-8H2,1-3H3. The first-order chi connectivity index (χ1) is 8.22. The van der Waals surface area contributed by atoms with E-state index in [1.807, 2.05) is 12.1 Å². The van der Waals surface area contributed by atoms with Gasteiger partial charge in [-0.25, -0.2) is 0 Å². The van der Waals surface area contributed by atoms with Gasteiger partial charge in [0.2, 0.25) is 0 Å². The Morgan fingerprint density at radius 2 is 2.06 bits per heavy atom. The number of hydrogen-bond donors (Lipinski definition) is 1. The van der Waals surface area contributed by atoms with Crippen LogP contribution in [0, 0.1) is 0 Å². The maximum Gasteiger partial charge on any atom is 0.188 e. The molecule has 5 heteroatoms. The second-order valence-corrected chi connectivity index (χ2v) is 4.29. The predicted octanol–water partition coefficient (Wildman–Crippen LogP) is 2.55. The molecule has 0 saturated carbocycles. The molecule has 0 aliphatic heterocycles. The highest BCUT2D eigenvalue weighted by Gasteiger charge is 2.11. The summed E-state index contributed by atoms with van der Waals surface area (Å²) >= 11 is 3.47. The normalized spacial score (nSPS) is 10.4. The highest BCUT2D eigenvalue weighted by molar-refractivity contribution is 9.10. The van der Waals surface area contributed by atoms with E-state index in [2.05, 4.69) is 28.2 Å². The van der Waals surface area contributed by atoms with Gasteiger partial charge in [-0.05, 0) is 40.2 Å². The summed E-state index contributed by atoms with van der Waals surface area (Å²) in [6.45, 7) is 4.00. The van der Waals surface area contributed by atoms with Crippen molar-refractivity contribution < 1.29 is 14.2 Å². The Bertz CT molecular complexity index is 358. The maximum absolute atomic E-state index is 5.45. The van der Waals surface area contributed by atoms with Crippen molar-refractivity contribution in [1.29, 1.82) is 0 Å². The molecule has 0 saturated heterocycles. The van der Waals surface area contributed by atoms with Crippen LogP contribution in [0.1, 0.15) is 12.5 Å². The lowest BCUT2D eigenvalue weighted by molar-refractivity contribution is 0.0486. The van der Waals surface area contributed by atoms with Crippen molar-refractivity contribution in [2.45, 2.75) is 13.5 Å². The van der Waals surface area contributed by atoms with Crippen molar-refractivity contribution in [3.63, 3.8) is 0 Å². The summed E-state index contributed by atoms with van der Waals surface area (Å²) in [5, 5.41) is 3.26. The summed E-state index contributed by atoms with van der Waals surface area (Å²) in [5.41, 5.74) is 1.14. The van der Waals surface area contributed by atoms with Crippen molar-refractivity contribution >= 4 is 15.9 Å². The topological polar surface area (TPSA) is 39.7 Å². The first-order valence-corrected chi connectivity index (χ1v) is 6.21. The fraction of sp³-hybridized carbons (Fsp3) is 0.500. The van der Waals surface area contributed by atoms with Gasteiger partial charge in [0.25, 0.3) is 0 Å². The summed E-state index contributed by atoms with van der Waals surface area (Å²) in [6.07, 6.45) is 0. The summed E-state index contributed by atoms with van der Waals surface area (Å²) in [6, 6.07) is 3.97. The number of methoxy groups -OCH3 is 2. The van der Waals surface area contributed by atoms with Gasteiger partial charge in [0.05, 0.1) is 11.6 Å². The fourth-order valence-electron chi connectivity index (χ4n) is 1.40. The Kier molecular flexibility index (Phi) is 6.32. The van der Waals surface area contributed by atoms with E-state index in [1.54, 1.807) is 14.2 Å². The minimum absolute atomic E-state index is 0.196. The molecule has 0 bridgehead atoms. The van der Waals surface area contributed by atoms with Gasteiger partial charge in [0.1, 0.15) is 0 Å². The first kappa shape index (κ1) is 14.3. The average Bonchev–Trinajstić information content (AvgIpc) is 2.34. The zero-order valence-corrected chi connectivity index (χ0v) is 12.0. The average molecular weight is 304 g/mol. The third kappa shape index (κ3) is 4.18. The summed E-state index contributed by atoms with van der Waals surface area (Å²) in [7, 11) is 3.21. The molecule has 0 fully saturated rings. The van der Waals surface area contributed by atoms with E-state index >= 15 is 0 Å². The lowest BCUT2D eigenvalue weighted by atomic mass is 10.2. The Hall–Kier alpha value is -0.780. The van der Waals surface area contributed by atoms with Crippen LogP contribution in [0.5, 0.6) is 11.5 Å². The Morgan fingerprint density at radius 1 is 1.29 bits per heavy atom.